The van der Waals surface area contributed by atoms with Crippen LogP contribution in [0.25, 0.3) is 0 Å². The molecule has 0 aliphatic rings. The second-order valence-corrected chi connectivity index (χ2v) is 4.34. The highest BCUT2D eigenvalue weighted by atomic mass is 16.5. The van der Waals surface area contributed by atoms with Gasteiger partial charge in [0.15, 0.2) is 5.96 Å². The Morgan fingerprint density at radius 2 is 2.00 bits per heavy atom. The van der Waals surface area contributed by atoms with Crippen LogP contribution in [0.4, 0.5) is 0 Å². The van der Waals surface area contributed by atoms with Gasteiger partial charge in [0.2, 0.25) is 0 Å². The van der Waals surface area contributed by atoms with Gasteiger partial charge in [0.05, 0.1) is 0 Å². The topological polar surface area (TPSA) is 48.9 Å². The van der Waals surface area contributed by atoms with Gasteiger partial charge >= 0.3 is 0 Å². The molecule has 0 aromatic heterocycles. The molecule has 0 radical (unpaired) electrons. The summed E-state index contributed by atoms with van der Waals surface area (Å²) in [6.07, 6.45) is 2.16. The molecule has 108 valence electrons. The number of rotatable bonds is 10. The lowest BCUT2D eigenvalue weighted by Gasteiger charge is -2.18. The molecule has 0 aliphatic heterocycles. The number of guanidine groups is 1. The summed E-state index contributed by atoms with van der Waals surface area (Å²) < 4.78 is 5.04. The molecule has 0 heterocycles. The molecule has 0 aliphatic carbocycles. The van der Waals surface area contributed by atoms with E-state index in [2.05, 4.69) is 41.4 Å². The lowest BCUT2D eigenvalue weighted by atomic mass is 10.4. The highest BCUT2D eigenvalue weighted by Crippen LogP contribution is 1.87. The van der Waals surface area contributed by atoms with Crippen LogP contribution in [-0.4, -0.2) is 64.3 Å². The van der Waals surface area contributed by atoms with Crippen molar-refractivity contribution in [3.63, 3.8) is 0 Å². The van der Waals surface area contributed by atoms with Crippen molar-refractivity contribution in [2.24, 2.45) is 4.99 Å². The van der Waals surface area contributed by atoms with Gasteiger partial charge in [0.1, 0.15) is 0 Å². The molecule has 0 spiro atoms. The Labute approximate surface area is 112 Å². The number of nitrogens with one attached hydrogen (secondary N) is 2. The predicted octanol–water partition coefficient (Wildman–Crippen LogP) is 0.920. The fourth-order valence-corrected chi connectivity index (χ4v) is 1.52. The molecule has 0 aromatic rings. The zero-order valence-electron chi connectivity index (χ0n) is 12.5. The Bertz CT molecular complexity index is 209. The van der Waals surface area contributed by atoms with E-state index >= 15 is 0 Å². The molecule has 0 fully saturated rings. The van der Waals surface area contributed by atoms with Gasteiger partial charge in [-0.05, 0) is 26.8 Å². The van der Waals surface area contributed by atoms with Crippen molar-refractivity contribution in [1.29, 1.82) is 0 Å². The summed E-state index contributed by atoms with van der Waals surface area (Å²) in [6, 6.07) is 0. The van der Waals surface area contributed by atoms with Crippen LogP contribution in [0.15, 0.2) is 4.99 Å². The van der Waals surface area contributed by atoms with E-state index in [0.717, 1.165) is 58.1 Å². The van der Waals surface area contributed by atoms with Crippen LogP contribution in [0.2, 0.25) is 0 Å². The van der Waals surface area contributed by atoms with Crippen LogP contribution >= 0.6 is 0 Å². The number of likely N-dealkylation sites (N-methyl/N-ethyl adjacent to an activating group) is 1. The van der Waals surface area contributed by atoms with Gasteiger partial charge < -0.3 is 20.3 Å². The third kappa shape index (κ3) is 10.4. The molecule has 0 amide bonds. The van der Waals surface area contributed by atoms with E-state index in [1.165, 1.54) is 0 Å². The first kappa shape index (κ1) is 17.2. The van der Waals surface area contributed by atoms with E-state index in [1.54, 1.807) is 7.11 Å². The fourth-order valence-electron chi connectivity index (χ4n) is 1.52. The summed E-state index contributed by atoms with van der Waals surface area (Å²) in [6.45, 7) is 9.82. The van der Waals surface area contributed by atoms with Crippen LogP contribution in [0.3, 0.4) is 0 Å². The Morgan fingerprint density at radius 3 is 2.61 bits per heavy atom. The summed E-state index contributed by atoms with van der Waals surface area (Å²) >= 11 is 0. The van der Waals surface area contributed by atoms with E-state index in [4.69, 9.17) is 4.74 Å². The molecule has 0 atom stereocenters. The van der Waals surface area contributed by atoms with Crippen LogP contribution < -0.4 is 10.6 Å². The minimum Gasteiger partial charge on any atom is -0.385 e. The third-order valence-corrected chi connectivity index (χ3v) is 2.51. The predicted molar refractivity (Wildman–Crippen MR) is 78.3 cm³/mol. The number of aliphatic imine (C=N–C) groups is 1. The first-order valence-corrected chi connectivity index (χ1v) is 6.94. The number of nitrogens with zero attached hydrogens (tertiary/aromatic N) is 2. The molecule has 0 unspecified atom stereocenters. The number of methoxy groups -OCH3 is 1. The Hall–Kier alpha value is -0.810. The summed E-state index contributed by atoms with van der Waals surface area (Å²) in [5, 5.41) is 6.59. The standard InChI is InChI=1S/C13H30N4O/c1-5-8-15-13(14-6-2)16-9-11-17(3)10-7-12-18-4/h5-12H2,1-4H3,(H2,14,15,16). The van der Waals surface area contributed by atoms with Crippen LogP contribution in [0.5, 0.6) is 0 Å². The van der Waals surface area contributed by atoms with Crippen molar-refractivity contribution in [3.05, 3.63) is 0 Å². The maximum Gasteiger partial charge on any atom is 0.191 e. The second kappa shape index (κ2) is 12.6. The zero-order chi connectivity index (χ0) is 13.6. The summed E-state index contributed by atoms with van der Waals surface area (Å²) in [5.41, 5.74) is 0. The van der Waals surface area contributed by atoms with Crippen LogP contribution in [-0.2, 0) is 4.74 Å². The van der Waals surface area contributed by atoms with Crippen molar-refractivity contribution >= 4 is 5.96 Å². The number of ether oxygens (including phenoxy) is 1. The van der Waals surface area contributed by atoms with Crippen molar-refractivity contribution < 1.29 is 4.74 Å². The monoisotopic (exact) mass is 258 g/mol. The summed E-state index contributed by atoms with van der Waals surface area (Å²) in [4.78, 5) is 6.76. The Kier molecular flexibility index (Phi) is 12.1. The molecule has 0 saturated heterocycles. The van der Waals surface area contributed by atoms with Crippen LogP contribution in [0.1, 0.15) is 26.7 Å². The highest BCUT2D eigenvalue weighted by molar-refractivity contribution is 5.79. The number of hydrogen-bond acceptors (Lipinski definition) is 3. The largest absolute Gasteiger partial charge is 0.385 e. The van der Waals surface area contributed by atoms with Crippen molar-refractivity contribution in [2.45, 2.75) is 26.7 Å². The molecule has 2 N–H and O–H groups in total. The minimum atomic E-state index is 0.832. The Morgan fingerprint density at radius 1 is 1.22 bits per heavy atom. The second-order valence-electron chi connectivity index (χ2n) is 4.34. The molecule has 0 saturated carbocycles. The zero-order valence-corrected chi connectivity index (χ0v) is 12.5. The van der Waals surface area contributed by atoms with Crippen molar-refractivity contribution in [3.8, 4) is 0 Å². The van der Waals surface area contributed by atoms with Crippen molar-refractivity contribution in [2.75, 3.05) is 53.5 Å². The molecule has 0 rings (SSSR count). The quantitative estimate of drug-likeness (QED) is 0.347. The van der Waals surface area contributed by atoms with E-state index in [-0.39, 0.29) is 0 Å². The SMILES string of the molecule is CCCN=C(NCC)NCCN(C)CCCOC. The molecular weight excluding hydrogens is 228 g/mol. The molecule has 0 bridgehead atoms. The minimum absolute atomic E-state index is 0.832. The lowest BCUT2D eigenvalue weighted by Crippen LogP contribution is -2.41. The van der Waals surface area contributed by atoms with Gasteiger partial charge in [-0.3, -0.25) is 4.99 Å². The highest BCUT2D eigenvalue weighted by Gasteiger charge is 1.99. The normalized spacial score (nSPS) is 11.9. The van der Waals surface area contributed by atoms with Crippen LogP contribution in [0, 0.1) is 0 Å². The first-order valence-electron chi connectivity index (χ1n) is 6.94. The molecular formula is C13H30N4O. The molecule has 0 aromatic carbocycles. The smallest absolute Gasteiger partial charge is 0.191 e. The molecule has 5 heteroatoms. The molecule has 18 heavy (non-hydrogen) atoms. The average Bonchev–Trinajstić information content (AvgIpc) is 2.36. The summed E-state index contributed by atoms with van der Waals surface area (Å²) in [7, 11) is 3.88. The first-order chi connectivity index (χ1) is 8.74. The third-order valence-electron chi connectivity index (χ3n) is 2.51. The van der Waals surface area contributed by atoms with Gasteiger partial charge in [-0.2, -0.15) is 0 Å². The van der Waals surface area contributed by atoms with Gasteiger partial charge in [0, 0.05) is 46.4 Å². The summed E-state index contributed by atoms with van der Waals surface area (Å²) in [5.74, 6) is 0.921. The van der Waals surface area contributed by atoms with Gasteiger partial charge in [-0.1, -0.05) is 6.92 Å². The Balaban J connectivity index is 3.70. The van der Waals surface area contributed by atoms with E-state index in [1.807, 2.05) is 0 Å². The van der Waals surface area contributed by atoms with Gasteiger partial charge in [-0.25, -0.2) is 0 Å². The van der Waals surface area contributed by atoms with E-state index < -0.39 is 0 Å². The van der Waals surface area contributed by atoms with Crippen molar-refractivity contribution in [1.82, 2.24) is 15.5 Å². The fraction of sp³-hybridized carbons (Fsp3) is 0.923. The maximum atomic E-state index is 5.04. The van der Waals surface area contributed by atoms with Gasteiger partial charge in [-0.15, -0.1) is 0 Å². The van der Waals surface area contributed by atoms with E-state index in [9.17, 15) is 0 Å². The van der Waals surface area contributed by atoms with Gasteiger partial charge in [0.25, 0.3) is 0 Å². The average molecular weight is 258 g/mol. The maximum absolute atomic E-state index is 5.04. The lowest BCUT2D eigenvalue weighted by molar-refractivity contribution is 0.180. The van der Waals surface area contributed by atoms with E-state index in [0.29, 0.717) is 0 Å². The number of hydrogen-bond donors (Lipinski definition) is 2. The molecule has 5 nitrogen and oxygen atoms in total.